The third-order valence-corrected chi connectivity index (χ3v) is 6.67. The number of aryl methyl sites for hydroxylation is 3. The number of hydrogen-bond acceptors (Lipinski definition) is 7. The zero-order valence-electron chi connectivity index (χ0n) is 11.5. The van der Waals surface area contributed by atoms with Crippen molar-refractivity contribution in [3.63, 3.8) is 0 Å². The summed E-state index contributed by atoms with van der Waals surface area (Å²) in [6.45, 7) is 1.86. The number of thiophene rings is 1. The summed E-state index contributed by atoms with van der Waals surface area (Å²) in [5, 5.41) is 1.51. The molecule has 0 bridgehead atoms. The average molecular weight is 336 g/mol. The first kappa shape index (κ1) is 13.4. The number of nitrogens with zero attached hydrogens (tertiary/aromatic N) is 4. The Morgan fingerprint density at radius 3 is 2.90 bits per heavy atom. The van der Waals surface area contributed by atoms with Crippen LogP contribution in [0.2, 0.25) is 0 Å². The van der Waals surface area contributed by atoms with Gasteiger partial charge in [0, 0.05) is 11.9 Å². The molecule has 0 aliphatic heterocycles. The van der Waals surface area contributed by atoms with Gasteiger partial charge in [-0.15, -0.1) is 11.3 Å². The molecule has 3 aromatic heterocycles. The molecule has 0 unspecified atom stereocenters. The van der Waals surface area contributed by atoms with Crippen LogP contribution in [-0.4, -0.2) is 18.9 Å². The van der Waals surface area contributed by atoms with Crippen molar-refractivity contribution in [3.05, 3.63) is 26.6 Å². The van der Waals surface area contributed by atoms with Crippen molar-refractivity contribution in [1.29, 1.82) is 0 Å². The van der Waals surface area contributed by atoms with Crippen molar-refractivity contribution >= 4 is 44.8 Å². The van der Waals surface area contributed by atoms with Crippen molar-refractivity contribution in [2.45, 2.75) is 35.7 Å². The van der Waals surface area contributed by atoms with Gasteiger partial charge in [-0.1, -0.05) is 0 Å². The lowest BCUT2D eigenvalue weighted by atomic mass is 10.2. The van der Waals surface area contributed by atoms with E-state index in [0.29, 0.717) is 5.16 Å². The highest BCUT2D eigenvalue weighted by atomic mass is 32.2. The molecule has 8 heteroatoms. The maximum absolute atomic E-state index is 12.6. The Hall–Kier alpha value is -1.25. The van der Waals surface area contributed by atoms with E-state index in [0.717, 1.165) is 39.6 Å². The van der Waals surface area contributed by atoms with Crippen LogP contribution in [0.3, 0.4) is 0 Å². The summed E-state index contributed by atoms with van der Waals surface area (Å²) in [6, 6.07) is 0. The fourth-order valence-corrected chi connectivity index (χ4v) is 5.50. The third-order valence-electron chi connectivity index (χ3n) is 3.59. The van der Waals surface area contributed by atoms with Gasteiger partial charge < -0.3 is 0 Å². The Bertz CT molecular complexity index is 908. The lowest BCUT2D eigenvalue weighted by Crippen LogP contribution is -2.19. The second-order valence-electron chi connectivity index (χ2n) is 5.01. The molecular formula is C13H12N4OS3. The number of hydrogen-bond donors (Lipinski definition) is 0. The van der Waals surface area contributed by atoms with Crippen molar-refractivity contribution < 1.29 is 0 Å². The molecular weight excluding hydrogens is 324 g/mol. The van der Waals surface area contributed by atoms with E-state index in [2.05, 4.69) is 14.3 Å². The van der Waals surface area contributed by atoms with E-state index in [9.17, 15) is 4.79 Å². The fourth-order valence-electron chi connectivity index (χ4n) is 2.59. The first-order chi connectivity index (χ1) is 10.1. The topological polar surface area (TPSA) is 60.7 Å². The van der Waals surface area contributed by atoms with Crippen LogP contribution in [0.5, 0.6) is 0 Å². The van der Waals surface area contributed by atoms with Gasteiger partial charge in [0.1, 0.15) is 10.7 Å². The van der Waals surface area contributed by atoms with Gasteiger partial charge in [-0.2, -0.15) is 4.37 Å². The average Bonchev–Trinajstić information content (AvgIpc) is 3.11. The van der Waals surface area contributed by atoms with Gasteiger partial charge in [0.2, 0.25) is 0 Å². The first-order valence-corrected chi connectivity index (χ1v) is 9.03. The van der Waals surface area contributed by atoms with Gasteiger partial charge in [-0.05, 0) is 55.0 Å². The fraction of sp³-hybridized carbons (Fsp3) is 0.385. The molecule has 0 saturated heterocycles. The highest BCUT2D eigenvalue weighted by molar-refractivity contribution is 8.00. The molecule has 0 saturated carbocycles. The Morgan fingerprint density at radius 2 is 2.14 bits per heavy atom. The van der Waals surface area contributed by atoms with E-state index in [1.807, 2.05) is 6.92 Å². The largest absolute Gasteiger partial charge is 0.290 e. The minimum Gasteiger partial charge on any atom is -0.290 e. The molecule has 108 valence electrons. The van der Waals surface area contributed by atoms with Crippen LogP contribution in [0.25, 0.3) is 10.2 Å². The maximum atomic E-state index is 12.6. The predicted octanol–water partition coefficient (Wildman–Crippen LogP) is 2.79. The highest BCUT2D eigenvalue weighted by Gasteiger charge is 2.22. The van der Waals surface area contributed by atoms with E-state index in [-0.39, 0.29) is 5.56 Å². The van der Waals surface area contributed by atoms with Crippen LogP contribution in [0, 0.1) is 6.92 Å². The zero-order valence-corrected chi connectivity index (χ0v) is 14.0. The normalized spacial score (nSPS) is 14.0. The SMILES string of the molecule is Cc1nsc(Sc2nc3sc4c(c3c(=O)n2C)CCC4)n1. The molecule has 0 atom stereocenters. The maximum Gasteiger partial charge on any atom is 0.262 e. The molecule has 21 heavy (non-hydrogen) atoms. The van der Waals surface area contributed by atoms with Crippen molar-refractivity contribution in [3.8, 4) is 0 Å². The van der Waals surface area contributed by atoms with E-state index < -0.39 is 0 Å². The second kappa shape index (κ2) is 4.89. The van der Waals surface area contributed by atoms with E-state index in [1.54, 1.807) is 23.0 Å². The van der Waals surface area contributed by atoms with Crippen molar-refractivity contribution in [2.75, 3.05) is 0 Å². The lowest BCUT2D eigenvalue weighted by Gasteiger charge is -2.05. The third kappa shape index (κ3) is 2.13. The molecule has 0 aromatic carbocycles. The van der Waals surface area contributed by atoms with Crippen LogP contribution < -0.4 is 5.56 Å². The van der Waals surface area contributed by atoms with Gasteiger partial charge >= 0.3 is 0 Å². The van der Waals surface area contributed by atoms with E-state index in [4.69, 9.17) is 0 Å². The Morgan fingerprint density at radius 1 is 1.29 bits per heavy atom. The standard InChI is InChI=1S/C13H12N4OS3/c1-6-14-13(21-16-6)20-12-15-10-9(11(18)17(12)2)7-4-3-5-8(7)19-10/h3-5H2,1-2H3. The van der Waals surface area contributed by atoms with Gasteiger partial charge in [0.15, 0.2) is 9.50 Å². The summed E-state index contributed by atoms with van der Waals surface area (Å²) in [4.78, 5) is 23.9. The van der Waals surface area contributed by atoms with Crippen LogP contribution in [0.15, 0.2) is 14.3 Å². The van der Waals surface area contributed by atoms with Gasteiger partial charge in [0.25, 0.3) is 5.56 Å². The summed E-state index contributed by atoms with van der Waals surface area (Å²) >= 11 is 4.42. The second-order valence-corrected chi connectivity index (χ2v) is 8.06. The zero-order chi connectivity index (χ0) is 14.6. The summed E-state index contributed by atoms with van der Waals surface area (Å²) in [7, 11) is 1.78. The monoisotopic (exact) mass is 336 g/mol. The molecule has 0 fully saturated rings. The number of rotatable bonds is 2. The summed E-state index contributed by atoms with van der Waals surface area (Å²) in [5.41, 5.74) is 1.29. The lowest BCUT2D eigenvalue weighted by molar-refractivity contribution is 0.726. The van der Waals surface area contributed by atoms with Gasteiger partial charge in [-0.3, -0.25) is 9.36 Å². The number of aromatic nitrogens is 4. The van der Waals surface area contributed by atoms with Crippen LogP contribution in [-0.2, 0) is 19.9 Å². The minimum absolute atomic E-state index is 0.0585. The molecule has 3 aromatic rings. The molecule has 0 radical (unpaired) electrons. The number of fused-ring (bicyclic) bond motifs is 3. The molecule has 0 spiro atoms. The van der Waals surface area contributed by atoms with Crippen molar-refractivity contribution in [1.82, 2.24) is 18.9 Å². The van der Waals surface area contributed by atoms with Crippen LogP contribution in [0.4, 0.5) is 0 Å². The molecule has 3 heterocycles. The minimum atomic E-state index is 0.0585. The predicted molar refractivity (Wildman–Crippen MR) is 85.7 cm³/mol. The van der Waals surface area contributed by atoms with Gasteiger partial charge in [0.05, 0.1) is 5.39 Å². The van der Waals surface area contributed by atoms with Gasteiger partial charge in [-0.25, -0.2) is 9.97 Å². The van der Waals surface area contributed by atoms with Crippen molar-refractivity contribution in [2.24, 2.45) is 7.05 Å². The molecule has 0 N–H and O–H groups in total. The molecule has 4 rings (SSSR count). The summed E-state index contributed by atoms with van der Waals surface area (Å²) < 4.78 is 6.62. The summed E-state index contributed by atoms with van der Waals surface area (Å²) in [5.74, 6) is 0.753. The quantitative estimate of drug-likeness (QED) is 0.674. The Kier molecular flexibility index (Phi) is 3.13. The Balaban J connectivity index is 1.87. The summed E-state index contributed by atoms with van der Waals surface area (Å²) in [6.07, 6.45) is 3.24. The van der Waals surface area contributed by atoms with Crippen LogP contribution >= 0.6 is 34.6 Å². The van der Waals surface area contributed by atoms with Crippen LogP contribution in [0.1, 0.15) is 22.7 Å². The Labute approximate surface area is 133 Å². The van der Waals surface area contributed by atoms with E-state index in [1.165, 1.54) is 33.7 Å². The molecule has 1 aliphatic carbocycles. The molecule has 1 aliphatic rings. The highest BCUT2D eigenvalue weighted by Crippen LogP contribution is 2.36. The molecule has 5 nitrogen and oxygen atoms in total. The first-order valence-electron chi connectivity index (χ1n) is 6.63. The molecule has 0 amide bonds. The van der Waals surface area contributed by atoms with E-state index >= 15 is 0 Å². The smallest absolute Gasteiger partial charge is 0.262 e.